The van der Waals surface area contributed by atoms with Gasteiger partial charge in [0.15, 0.2) is 11.2 Å². The number of esters is 1. The number of hydrogen-bond acceptors (Lipinski definition) is 7. The Kier molecular flexibility index (Phi) is 4.21. The molecular weight excluding hydrogens is 310 g/mol. The second-order valence-electron chi connectivity index (χ2n) is 6.95. The molecule has 0 aliphatic carbocycles. The maximum Gasteiger partial charge on any atom is 0.311 e. The van der Waals surface area contributed by atoms with E-state index in [1.165, 1.54) is 6.33 Å². The lowest BCUT2D eigenvalue weighted by Crippen LogP contribution is -2.41. The second-order valence-corrected chi connectivity index (χ2v) is 6.95. The zero-order valence-electron chi connectivity index (χ0n) is 14.1. The van der Waals surface area contributed by atoms with E-state index in [0.29, 0.717) is 18.0 Å². The summed E-state index contributed by atoms with van der Waals surface area (Å²) in [6, 6.07) is 0. The van der Waals surface area contributed by atoms with Gasteiger partial charge in [-0.05, 0) is 33.6 Å². The third-order valence-corrected chi connectivity index (χ3v) is 3.82. The van der Waals surface area contributed by atoms with Crippen LogP contribution < -0.4 is 10.5 Å². The number of aromatic nitrogens is 4. The van der Waals surface area contributed by atoms with Gasteiger partial charge in [-0.3, -0.25) is 9.59 Å². The molecule has 0 unspecified atom stereocenters. The Morgan fingerprint density at radius 2 is 2.17 bits per heavy atom. The quantitative estimate of drug-likeness (QED) is 0.827. The molecule has 1 fully saturated rings. The Bertz CT molecular complexity index is 811. The van der Waals surface area contributed by atoms with E-state index in [-0.39, 0.29) is 23.0 Å². The van der Waals surface area contributed by atoms with Crippen molar-refractivity contribution in [3.8, 4) is 0 Å². The molecule has 24 heavy (non-hydrogen) atoms. The molecule has 0 radical (unpaired) electrons. The van der Waals surface area contributed by atoms with Crippen molar-refractivity contribution in [2.45, 2.75) is 39.2 Å². The number of nitrogens with zero attached hydrogens (tertiary/aromatic N) is 4. The first-order valence-electron chi connectivity index (χ1n) is 8.02. The summed E-state index contributed by atoms with van der Waals surface area (Å²) >= 11 is 0. The number of piperidine rings is 1. The number of carbonyl (C=O) groups is 1. The summed E-state index contributed by atoms with van der Waals surface area (Å²) in [6.45, 7) is 6.85. The summed E-state index contributed by atoms with van der Waals surface area (Å²) in [6.07, 6.45) is 4.53. The number of H-pyrrole nitrogens is 1. The topological polar surface area (TPSA) is 101 Å². The predicted octanol–water partition coefficient (Wildman–Crippen LogP) is 1.27. The largest absolute Gasteiger partial charge is 0.460 e. The molecule has 1 atom stereocenters. The van der Waals surface area contributed by atoms with Gasteiger partial charge in [0.25, 0.3) is 5.56 Å². The lowest BCUT2D eigenvalue weighted by molar-refractivity contribution is -0.160. The highest BCUT2D eigenvalue weighted by Gasteiger charge is 2.30. The van der Waals surface area contributed by atoms with Crippen LogP contribution in [-0.2, 0) is 9.53 Å². The van der Waals surface area contributed by atoms with Crippen LogP contribution in [0.2, 0.25) is 0 Å². The maximum atomic E-state index is 12.3. The van der Waals surface area contributed by atoms with Gasteiger partial charge in [-0.1, -0.05) is 0 Å². The number of carbonyl (C=O) groups excluding carboxylic acids is 1. The van der Waals surface area contributed by atoms with Crippen molar-refractivity contribution in [2.75, 3.05) is 18.0 Å². The van der Waals surface area contributed by atoms with Crippen LogP contribution in [0.4, 0.5) is 5.82 Å². The fourth-order valence-corrected chi connectivity index (χ4v) is 2.76. The van der Waals surface area contributed by atoms with Crippen LogP contribution >= 0.6 is 0 Å². The number of ether oxygens (including phenoxy) is 1. The van der Waals surface area contributed by atoms with Crippen LogP contribution in [0, 0.1) is 5.92 Å². The van der Waals surface area contributed by atoms with Crippen molar-refractivity contribution in [3.05, 3.63) is 22.9 Å². The molecule has 0 aromatic carbocycles. The molecular formula is C16H21N5O3. The van der Waals surface area contributed by atoms with Crippen molar-refractivity contribution in [2.24, 2.45) is 5.92 Å². The minimum Gasteiger partial charge on any atom is -0.460 e. The van der Waals surface area contributed by atoms with Crippen LogP contribution in [0.15, 0.2) is 17.3 Å². The second kappa shape index (κ2) is 6.18. The highest BCUT2D eigenvalue weighted by molar-refractivity contribution is 5.74. The molecule has 2 aromatic rings. The van der Waals surface area contributed by atoms with E-state index < -0.39 is 5.60 Å². The highest BCUT2D eigenvalue weighted by atomic mass is 16.6. The third kappa shape index (κ3) is 3.52. The van der Waals surface area contributed by atoms with Gasteiger partial charge in [-0.15, -0.1) is 0 Å². The third-order valence-electron chi connectivity index (χ3n) is 3.82. The minimum absolute atomic E-state index is 0.194. The van der Waals surface area contributed by atoms with Gasteiger partial charge in [0, 0.05) is 13.1 Å². The van der Waals surface area contributed by atoms with Crippen LogP contribution in [0.25, 0.3) is 11.2 Å². The van der Waals surface area contributed by atoms with Gasteiger partial charge in [0.2, 0.25) is 0 Å². The Hall–Kier alpha value is -2.51. The molecule has 8 nitrogen and oxygen atoms in total. The van der Waals surface area contributed by atoms with Crippen molar-refractivity contribution in [1.29, 1.82) is 0 Å². The Morgan fingerprint density at radius 3 is 2.92 bits per heavy atom. The Morgan fingerprint density at radius 1 is 1.38 bits per heavy atom. The first-order valence-corrected chi connectivity index (χ1v) is 8.02. The van der Waals surface area contributed by atoms with Crippen molar-refractivity contribution < 1.29 is 9.53 Å². The molecule has 8 heteroatoms. The number of hydrogen-bond donors (Lipinski definition) is 1. The van der Waals surface area contributed by atoms with Gasteiger partial charge in [0.1, 0.15) is 11.4 Å². The molecule has 128 valence electrons. The summed E-state index contributed by atoms with van der Waals surface area (Å²) < 4.78 is 5.48. The molecule has 0 amide bonds. The maximum absolute atomic E-state index is 12.3. The van der Waals surface area contributed by atoms with E-state index in [0.717, 1.165) is 19.4 Å². The fraction of sp³-hybridized carbons (Fsp3) is 0.562. The first-order chi connectivity index (χ1) is 11.3. The first kappa shape index (κ1) is 16.4. The molecule has 1 aliphatic rings. The Labute approximate surface area is 139 Å². The average Bonchev–Trinajstić information content (AvgIpc) is 2.53. The minimum atomic E-state index is -0.499. The monoisotopic (exact) mass is 331 g/mol. The smallest absolute Gasteiger partial charge is 0.311 e. The van der Waals surface area contributed by atoms with Crippen molar-refractivity contribution in [1.82, 2.24) is 19.9 Å². The van der Waals surface area contributed by atoms with Gasteiger partial charge < -0.3 is 14.6 Å². The van der Waals surface area contributed by atoms with E-state index >= 15 is 0 Å². The lowest BCUT2D eigenvalue weighted by atomic mass is 9.98. The molecule has 0 spiro atoms. The van der Waals surface area contributed by atoms with Crippen molar-refractivity contribution in [3.63, 3.8) is 0 Å². The van der Waals surface area contributed by atoms with Gasteiger partial charge in [0.05, 0.1) is 18.4 Å². The van der Waals surface area contributed by atoms with E-state index in [9.17, 15) is 9.59 Å². The van der Waals surface area contributed by atoms with E-state index in [1.54, 1.807) is 6.20 Å². The summed E-state index contributed by atoms with van der Waals surface area (Å²) in [7, 11) is 0. The number of fused-ring (bicyclic) bond motifs is 1. The standard InChI is InChI=1S/C16H21N5O3/c1-16(2,3)24-15(23)10-5-4-6-21(8-10)11-7-17-13-12(20-11)14(22)19-9-18-13/h7,9-10H,4-6,8H2,1-3H3,(H,17,18,19,22)/t10-/m1/s1. The van der Waals surface area contributed by atoms with Gasteiger partial charge >= 0.3 is 5.97 Å². The molecule has 2 aromatic heterocycles. The van der Waals surface area contributed by atoms with Crippen LogP contribution in [0.5, 0.6) is 0 Å². The molecule has 0 bridgehead atoms. The molecule has 3 rings (SSSR count). The molecule has 3 heterocycles. The van der Waals surface area contributed by atoms with Gasteiger partial charge in [-0.25, -0.2) is 15.0 Å². The van der Waals surface area contributed by atoms with Crippen LogP contribution in [-0.4, -0.2) is 44.6 Å². The van der Waals surface area contributed by atoms with E-state index in [2.05, 4.69) is 19.9 Å². The SMILES string of the molecule is CC(C)(C)OC(=O)[C@@H]1CCCN(c2cnc3nc[nH]c(=O)c3n2)C1. The molecule has 1 N–H and O–H groups in total. The zero-order valence-corrected chi connectivity index (χ0v) is 14.1. The number of anilines is 1. The zero-order chi connectivity index (χ0) is 17.3. The molecule has 0 saturated carbocycles. The predicted molar refractivity (Wildman–Crippen MR) is 88.7 cm³/mol. The summed E-state index contributed by atoms with van der Waals surface area (Å²) in [5.74, 6) is 0.178. The van der Waals surface area contributed by atoms with Crippen LogP contribution in [0.3, 0.4) is 0 Å². The van der Waals surface area contributed by atoms with Crippen LogP contribution in [0.1, 0.15) is 33.6 Å². The highest BCUT2D eigenvalue weighted by Crippen LogP contribution is 2.24. The average molecular weight is 331 g/mol. The molecule has 1 aliphatic heterocycles. The molecule has 1 saturated heterocycles. The summed E-state index contributed by atoms with van der Waals surface area (Å²) in [4.78, 5) is 41.2. The normalized spacial score (nSPS) is 18.6. The van der Waals surface area contributed by atoms with Gasteiger partial charge in [-0.2, -0.15) is 0 Å². The van der Waals surface area contributed by atoms with E-state index in [4.69, 9.17) is 4.74 Å². The Balaban J connectivity index is 1.81. The number of aromatic amines is 1. The fourth-order valence-electron chi connectivity index (χ4n) is 2.76. The summed E-state index contributed by atoms with van der Waals surface area (Å²) in [5, 5.41) is 0. The van der Waals surface area contributed by atoms with E-state index in [1.807, 2.05) is 25.7 Å². The summed E-state index contributed by atoms with van der Waals surface area (Å²) in [5.41, 5.74) is -0.311. The number of nitrogens with one attached hydrogen (secondary N) is 1. The van der Waals surface area contributed by atoms with Crippen molar-refractivity contribution >= 4 is 23.0 Å². The lowest BCUT2D eigenvalue weighted by Gasteiger charge is -2.33. The number of rotatable bonds is 2.